The topological polar surface area (TPSA) is 12.9 Å². The van der Waals surface area contributed by atoms with E-state index in [4.69, 9.17) is 0 Å². The summed E-state index contributed by atoms with van der Waals surface area (Å²) in [6.07, 6.45) is 1.05. The van der Waals surface area contributed by atoms with Crippen LogP contribution in [-0.4, -0.2) is 4.37 Å². The molecular weight excluding hydrogens is 154 g/mol. The third-order valence-electron chi connectivity index (χ3n) is 1.66. The van der Waals surface area contributed by atoms with E-state index in [2.05, 4.69) is 38.1 Å². The fourth-order valence-corrected chi connectivity index (χ4v) is 1.69. The molecule has 0 N–H and O–H groups in total. The summed E-state index contributed by atoms with van der Waals surface area (Å²) in [6.45, 7) is 8.81. The molecule has 2 heteroatoms. The molecule has 1 nitrogen and oxygen atoms in total. The zero-order valence-electron chi connectivity index (χ0n) is 7.64. The molecule has 0 bridgehead atoms. The van der Waals surface area contributed by atoms with Crippen LogP contribution in [0.15, 0.2) is 6.07 Å². The maximum absolute atomic E-state index is 4.34. The van der Waals surface area contributed by atoms with E-state index in [1.807, 2.05) is 0 Å². The molecule has 0 spiro atoms. The second-order valence-electron chi connectivity index (χ2n) is 3.79. The van der Waals surface area contributed by atoms with Crippen LogP contribution in [0.4, 0.5) is 0 Å². The molecule has 0 unspecified atom stereocenters. The van der Waals surface area contributed by atoms with Crippen molar-refractivity contribution < 1.29 is 0 Å². The van der Waals surface area contributed by atoms with Crippen LogP contribution < -0.4 is 0 Å². The van der Waals surface area contributed by atoms with Gasteiger partial charge in [-0.05, 0) is 29.4 Å². The average Bonchev–Trinajstić information content (AvgIpc) is 2.32. The molecular formula is C9H15NS. The Balaban J connectivity index is 2.89. The van der Waals surface area contributed by atoms with Crippen LogP contribution in [0.5, 0.6) is 0 Å². The largest absolute Gasteiger partial charge is 0.197 e. The summed E-state index contributed by atoms with van der Waals surface area (Å²) in [5, 5.41) is 0. The summed E-state index contributed by atoms with van der Waals surface area (Å²) in [7, 11) is 0. The molecule has 62 valence electrons. The van der Waals surface area contributed by atoms with Gasteiger partial charge in [-0.1, -0.05) is 27.7 Å². The van der Waals surface area contributed by atoms with Crippen molar-refractivity contribution in [3.05, 3.63) is 16.6 Å². The van der Waals surface area contributed by atoms with Crippen molar-refractivity contribution in [3.63, 3.8) is 0 Å². The lowest BCUT2D eigenvalue weighted by Crippen LogP contribution is -2.07. The van der Waals surface area contributed by atoms with Crippen LogP contribution in [0, 0.1) is 0 Å². The summed E-state index contributed by atoms with van der Waals surface area (Å²) < 4.78 is 4.34. The Morgan fingerprint density at radius 3 is 2.36 bits per heavy atom. The van der Waals surface area contributed by atoms with E-state index in [1.54, 1.807) is 11.5 Å². The number of hydrogen-bond acceptors (Lipinski definition) is 2. The van der Waals surface area contributed by atoms with Gasteiger partial charge in [-0.2, -0.15) is 4.37 Å². The van der Waals surface area contributed by atoms with Gasteiger partial charge in [0, 0.05) is 4.88 Å². The normalized spacial score (nSPS) is 12.0. The third-order valence-corrected chi connectivity index (χ3v) is 2.91. The highest BCUT2D eigenvalue weighted by Gasteiger charge is 2.16. The molecule has 0 aromatic carbocycles. The molecule has 0 aliphatic carbocycles. The summed E-state index contributed by atoms with van der Waals surface area (Å²) >= 11 is 1.63. The monoisotopic (exact) mass is 169 g/mol. The minimum absolute atomic E-state index is 0.269. The fraction of sp³-hybridized carbons (Fsp3) is 0.667. The van der Waals surface area contributed by atoms with Gasteiger partial charge < -0.3 is 0 Å². The number of nitrogens with zero attached hydrogens (tertiary/aromatic N) is 1. The van der Waals surface area contributed by atoms with Crippen LogP contribution in [0.3, 0.4) is 0 Å². The second-order valence-corrected chi connectivity index (χ2v) is 4.59. The van der Waals surface area contributed by atoms with Gasteiger partial charge in [-0.3, -0.25) is 0 Å². The molecule has 1 heterocycles. The summed E-state index contributed by atoms with van der Waals surface area (Å²) in [6, 6.07) is 2.21. The highest BCUT2D eigenvalue weighted by atomic mass is 32.1. The molecule has 0 saturated heterocycles. The number of aromatic nitrogens is 1. The lowest BCUT2D eigenvalue weighted by Gasteiger charge is -2.14. The Labute approximate surface area is 72.6 Å². The highest BCUT2D eigenvalue weighted by molar-refractivity contribution is 7.06. The van der Waals surface area contributed by atoms with Gasteiger partial charge in [0.05, 0.1) is 5.69 Å². The predicted molar refractivity (Wildman–Crippen MR) is 50.2 cm³/mol. The van der Waals surface area contributed by atoms with Gasteiger partial charge >= 0.3 is 0 Å². The van der Waals surface area contributed by atoms with Gasteiger partial charge in [-0.15, -0.1) is 0 Å². The predicted octanol–water partition coefficient (Wildman–Crippen LogP) is 3.00. The van der Waals surface area contributed by atoms with Gasteiger partial charge in [-0.25, -0.2) is 0 Å². The molecule has 1 rings (SSSR count). The first kappa shape index (κ1) is 8.72. The standard InChI is InChI=1S/C9H15NS/c1-5-7-6-8(11-10-7)9(2,3)4/h6H,5H2,1-4H3. The average molecular weight is 169 g/mol. The van der Waals surface area contributed by atoms with Gasteiger partial charge in [0.15, 0.2) is 0 Å². The first-order valence-electron chi connectivity index (χ1n) is 4.00. The van der Waals surface area contributed by atoms with E-state index in [-0.39, 0.29) is 5.41 Å². The van der Waals surface area contributed by atoms with E-state index in [0.29, 0.717) is 0 Å². The number of aryl methyl sites for hydroxylation is 1. The molecule has 0 saturated carbocycles. The third kappa shape index (κ3) is 2.03. The Hall–Kier alpha value is -0.370. The maximum Gasteiger partial charge on any atom is 0.0542 e. The Morgan fingerprint density at radius 1 is 1.45 bits per heavy atom. The van der Waals surface area contributed by atoms with Gasteiger partial charge in [0.2, 0.25) is 0 Å². The van der Waals surface area contributed by atoms with Crippen molar-refractivity contribution >= 4 is 11.5 Å². The Kier molecular flexibility index (Phi) is 2.33. The van der Waals surface area contributed by atoms with E-state index >= 15 is 0 Å². The van der Waals surface area contributed by atoms with Crippen molar-refractivity contribution in [1.82, 2.24) is 4.37 Å². The molecule has 0 aliphatic rings. The Morgan fingerprint density at radius 2 is 2.09 bits per heavy atom. The van der Waals surface area contributed by atoms with Crippen LogP contribution in [0.2, 0.25) is 0 Å². The van der Waals surface area contributed by atoms with Crippen molar-refractivity contribution in [2.45, 2.75) is 39.5 Å². The molecule has 0 radical (unpaired) electrons. The second kappa shape index (κ2) is 2.94. The molecule has 0 amide bonds. The minimum Gasteiger partial charge on any atom is -0.197 e. The van der Waals surface area contributed by atoms with Crippen LogP contribution in [0.25, 0.3) is 0 Å². The SMILES string of the molecule is CCc1cc(C(C)(C)C)sn1. The molecule has 1 aromatic rings. The summed E-state index contributed by atoms with van der Waals surface area (Å²) in [4.78, 5) is 1.38. The van der Waals surface area contributed by atoms with Gasteiger partial charge in [0.25, 0.3) is 0 Å². The first-order valence-corrected chi connectivity index (χ1v) is 4.77. The smallest absolute Gasteiger partial charge is 0.0542 e. The van der Waals surface area contributed by atoms with Crippen molar-refractivity contribution in [1.29, 1.82) is 0 Å². The lowest BCUT2D eigenvalue weighted by molar-refractivity contribution is 0.603. The Bertz CT molecular complexity index is 232. The van der Waals surface area contributed by atoms with E-state index < -0.39 is 0 Å². The number of hydrogen-bond donors (Lipinski definition) is 0. The number of rotatable bonds is 1. The maximum atomic E-state index is 4.34. The first-order chi connectivity index (χ1) is 5.04. The van der Waals surface area contributed by atoms with Crippen LogP contribution in [-0.2, 0) is 11.8 Å². The zero-order valence-corrected chi connectivity index (χ0v) is 8.46. The molecule has 0 atom stereocenters. The lowest BCUT2D eigenvalue weighted by atomic mass is 9.94. The molecule has 1 aromatic heterocycles. The summed E-state index contributed by atoms with van der Waals surface area (Å²) in [5.41, 5.74) is 1.49. The quantitative estimate of drug-likeness (QED) is 0.629. The molecule has 0 aliphatic heterocycles. The van der Waals surface area contributed by atoms with E-state index in [9.17, 15) is 0 Å². The van der Waals surface area contributed by atoms with Gasteiger partial charge in [0.1, 0.15) is 0 Å². The fourth-order valence-electron chi connectivity index (χ4n) is 0.832. The molecule has 11 heavy (non-hydrogen) atoms. The minimum atomic E-state index is 0.269. The van der Waals surface area contributed by atoms with Crippen molar-refractivity contribution in [2.75, 3.05) is 0 Å². The van der Waals surface area contributed by atoms with Crippen molar-refractivity contribution in [2.24, 2.45) is 0 Å². The highest BCUT2D eigenvalue weighted by Crippen LogP contribution is 2.26. The molecule has 0 fully saturated rings. The van der Waals surface area contributed by atoms with E-state index in [0.717, 1.165) is 6.42 Å². The van der Waals surface area contributed by atoms with E-state index in [1.165, 1.54) is 10.6 Å². The van der Waals surface area contributed by atoms with Crippen molar-refractivity contribution in [3.8, 4) is 0 Å². The van der Waals surface area contributed by atoms with Crippen LogP contribution in [0.1, 0.15) is 38.3 Å². The zero-order chi connectivity index (χ0) is 8.48. The van der Waals surface area contributed by atoms with Crippen LogP contribution >= 0.6 is 11.5 Å². The summed E-state index contributed by atoms with van der Waals surface area (Å²) in [5.74, 6) is 0.